The number of para-hydroxylation sites is 1. The summed E-state index contributed by atoms with van der Waals surface area (Å²) in [6, 6.07) is 4.66. The highest BCUT2D eigenvalue weighted by Crippen LogP contribution is 2.22. The predicted molar refractivity (Wildman–Crippen MR) is 64.8 cm³/mol. The first-order valence-electron chi connectivity index (χ1n) is 5.35. The van der Waals surface area contributed by atoms with Gasteiger partial charge >= 0.3 is 5.97 Å². The number of carboxylic acids is 1. The van der Waals surface area contributed by atoms with E-state index in [9.17, 15) is 9.90 Å². The maximum Gasteiger partial charge on any atom is 0.339 e. The number of hydrogen-bond acceptors (Lipinski definition) is 4. The minimum atomic E-state index is -1.13. The van der Waals surface area contributed by atoms with Crippen molar-refractivity contribution < 1.29 is 15.0 Å². The lowest BCUT2D eigenvalue weighted by Crippen LogP contribution is -2.45. The van der Waals surface area contributed by atoms with Crippen molar-refractivity contribution >= 4 is 5.97 Å². The molecule has 17 heavy (non-hydrogen) atoms. The number of carbonyl (C=O) groups is 1. The molecule has 0 saturated carbocycles. The van der Waals surface area contributed by atoms with Crippen LogP contribution in [0.15, 0.2) is 18.2 Å². The molecule has 4 N–H and O–H groups in total. The summed E-state index contributed by atoms with van der Waals surface area (Å²) in [5.41, 5.74) is 6.35. The number of hydrazine groups is 1. The molecule has 1 aromatic carbocycles. The highest BCUT2D eigenvalue weighted by atomic mass is 16.4. The lowest BCUT2D eigenvalue weighted by atomic mass is 10.1. The number of phenols is 1. The summed E-state index contributed by atoms with van der Waals surface area (Å²) in [7, 11) is 0. The molecule has 1 aromatic rings. The van der Waals surface area contributed by atoms with Gasteiger partial charge < -0.3 is 10.2 Å². The van der Waals surface area contributed by atoms with Gasteiger partial charge in [0.1, 0.15) is 11.3 Å². The first-order chi connectivity index (χ1) is 7.81. The Morgan fingerprint density at radius 1 is 1.35 bits per heavy atom. The molecule has 0 aliphatic rings. The molecular weight excluding hydrogens is 220 g/mol. The van der Waals surface area contributed by atoms with Crippen LogP contribution >= 0.6 is 0 Å². The van der Waals surface area contributed by atoms with Gasteiger partial charge in [0.15, 0.2) is 0 Å². The Hall–Kier alpha value is -1.59. The van der Waals surface area contributed by atoms with Gasteiger partial charge in [0.05, 0.1) is 0 Å². The molecular formula is C12H18N2O3. The van der Waals surface area contributed by atoms with Crippen LogP contribution in [0.25, 0.3) is 0 Å². The van der Waals surface area contributed by atoms with Crippen molar-refractivity contribution in [3.05, 3.63) is 29.3 Å². The molecule has 0 fully saturated rings. The second kappa shape index (κ2) is 5.16. The number of nitrogens with one attached hydrogen (secondary N) is 2. The number of benzene rings is 1. The highest BCUT2D eigenvalue weighted by Gasteiger charge is 2.13. The van der Waals surface area contributed by atoms with E-state index in [0.29, 0.717) is 12.1 Å². The molecule has 0 saturated heterocycles. The van der Waals surface area contributed by atoms with Gasteiger partial charge in [0.2, 0.25) is 0 Å². The Balaban J connectivity index is 2.72. The number of aromatic hydroxyl groups is 1. The van der Waals surface area contributed by atoms with Gasteiger partial charge in [0, 0.05) is 17.6 Å². The average Bonchev–Trinajstić information content (AvgIpc) is 2.18. The van der Waals surface area contributed by atoms with Crippen LogP contribution < -0.4 is 10.9 Å². The second-order valence-electron chi connectivity index (χ2n) is 4.85. The second-order valence-corrected chi connectivity index (χ2v) is 4.85. The zero-order valence-electron chi connectivity index (χ0n) is 10.2. The van der Waals surface area contributed by atoms with Crippen LogP contribution in [0.5, 0.6) is 5.75 Å². The van der Waals surface area contributed by atoms with Crippen molar-refractivity contribution in [2.45, 2.75) is 32.9 Å². The fraction of sp³-hybridized carbons (Fsp3) is 0.417. The molecule has 0 aromatic heterocycles. The van der Waals surface area contributed by atoms with E-state index in [1.54, 1.807) is 12.1 Å². The van der Waals surface area contributed by atoms with Crippen LogP contribution in [0.4, 0.5) is 0 Å². The van der Waals surface area contributed by atoms with E-state index in [2.05, 4.69) is 10.9 Å². The predicted octanol–water partition coefficient (Wildman–Crippen LogP) is 1.48. The molecule has 0 aliphatic heterocycles. The van der Waals surface area contributed by atoms with Crippen LogP contribution in [0, 0.1) is 0 Å². The van der Waals surface area contributed by atoms with Gasteiger partial charge in [-0.15, -0.1) is 0 Å². The molecule has 5 heteroatoms. The quantitative estimate of drug-likeness (QED) is 0.597. The number of carboxylic acid groups (broad SMARTS) is 1. The molecule has 1 rings (SSSR count). The third kappa shape index (κ3) is 4.05. The molecule has 94 valence electrons. The number of hydrogen-bond donors (Lipinski definition) is 4. The zero-order chi connectivity index (χ0) is 13.1. The van der Waals surface area contributed by atoms with Crippen LogP contribution in [0.2, 0.25) is 0 Å². The smallest absolute Gasteiger partial charge is 0.339 e. The minimum Gasteiger partial charge on any atom is -0.507 e. The SMILES string of the molecule is CC(C)(C)NNCc1cccc(C(=O)O)c1O. The molecule has 0 amide bonds. The first kappa shape index (κ1) is 13.5. The van der Waals surface area contributed by atoms with E-state index in [4.69, 9.17) is 5.11 Å². The normalized spacial score (nSPS) is 11.5. The summed E-state index contributed by atoms with van der Waals surface area (Å²) in [5.74, 6) is -1.32. The molecule has 0 heterocycles. The largest absolute Gasteiger partial charge is 0.507 e. The van der Waals surface area contributed by atoms with Crippen molar-refractivity contribution in [2.75, 3.05) is 0 Å². The van der Waals surface area contributed by atoms with Crippen molar-refractivity contribution in [2.24, 2.45) is 0 Å². The highest BCUT2D eigenvalue weighted by molar-refractivity contribution is 5.91. The van der Waals surface area contributed by atoms with Crippen LogP contribution in [0.3, 0.4) is 0 Å². The summed E-state index contributed by atoms with van der Waals surface area (Å²) >= 11 is 0. The van der Waals surface area contributed by atoms with Crippen molar-refractivity contribution in [3.63, 3.8) is 0 Å². The molecule has 0 unspecified atom stereocenters. The van der Waals surface area contributed by atoms with E-state index in [0.717, 1.165) is 0 Å². The van der Waals surface area contributed by atoms with Crippen molar-refractivity contribution in [1.29, 1.82) is 0 Å². The van der Waals surface area contributed by atoms with Crippen LogP contribution in [-0.4, -0.2) is 21.7 Å². The number of aromatic carboxylic acids is 1. The minimum absolute atomic E-state index is 0.0833. The third-order valence-corrected chi connectivity index (χ3v) is 2.09. The molecule has 0 aliphatic carbocycles. The molecule has 0 spiro atoms. The Kier molecular flexibility index (Phi) is 4.09. The lowest BCUT2D eigenvalue weighted by molar-refractivity contribution is 0.0693. The van der Waals surface area contributed by atoms with Gasteiger partial charge in [0.25, 0.3) is 0 Å². The Morgan fingerprint density at radius 2 is 2.00 bits per heavy atom. The maximum atomic E-state index is 10.8. The summed E-state index contributed by atoms with van der Waals surface area (Å²) in [5, 5.41) is 18.6. The van der Waals surface area contributed by atoms with E-state index in [-0.39, 0.29) is 16.9 Å². The molecule has 0 bridgehead atoms. The van der Waals surface area contributed by atoms with Crippen molar-refractivity contribution in [1.82, 2.24) is 10.9 Å². The van der Waals surface area contributed by atoms with Crippen LogP contribution in [0.1, 0.15) is 36.7 Å². The number of rotatable bonds is 4. The topological polar surface area (TPSA) is 81.6 Å². The van der Waals surface area contributed by atoms with Gasteiger partial charge in [-0.3, -0.25) is 10.9 Å². The summed E-state index contributed by atoms with van der Waals surface area (Å²) in [6.07, 6.45) is 0. The molecule has 0 atom stereocenters. The fourth-order valence-corrected chi connectivity index (χ4v) is 1.31. The van der Waals surface area contributed by atoms with Gasteiger partial charge in [-0.2, -0.15) is 0 Å². The van der Waals surface area contributed by atoms with Gasteiger partial charge in [-0.1, -0.05) is 12.1 Å². The summed E-state index contributed by atoms with van der Waals surface area (Å²) in [4.78, 5) is 10.8. The Morgan fingerprint density at radius 3 is 2.53 bits per heavy atom. The van der Waals surface area contributed by atoms with E-state index >= 15 is 0 Å². The van der Waals surface area contributed by atoms with E-state index in [1.165, 1.54) is 6.07 Å². The monoisotopic (exact) mass is 238 g/mol. The van der Waals surface area contributed by atoms with Crippen molar-refractivity contribution in [3.8, 4) is 5.75 Å². The first-order valence-corrected chi connectivity index (χ1v) is 5.35. The van der Waals surface area contributed by atoms with Gasteiger partial charge in [-0.05, 0) is 26.8 Å². The Bertz CT molecular complexity index is 411. The molecule has 0 radical (unpaired) electrons. The lowest BCUT2D eigenvalue weighted by Gasteiger charge is -2.21. The fourth-order valence-electron chi connectivity index (χ4n) is 1.31. The maximum absolute atomic E-state index is 10.8. The van der Waals surface area contributed by atoms with Crippen LogP contribution in [-0.2, 0) is 6.54 Å². The van der Waals surface area contributed by atoms with Gasteiger partial charge in [-0.25, -0.2) is 4.79 Å². The van der Waals surface area contributed by atoms with E-state index < -0.39 is 5.97 Å². The average molecular weight is 238 g/mol. The molecule has 5 nitrogen and oxygen atoms in total. The summed E-state index contributed by atoms with van der Waals surface area (Å²) in [6.45, 7) is 6.33. The standard InChI is InChI=1S/C12H18N2O3/c1-12(2,3)14-13-7-8-5-4-6-9(10(8)15)11(16)17/h4-6,13-15H,7H2,1-3H3,(H,16,17). The van der Waals surface area contributed by atoms with E-state index in [1.807, 2.05) is 20.8 Å². The summed E-state index contributed by atoms with van der Waals surface area (Å²) < 4.78 is 0. The third-order valence-electron chi connectivity index (χ3n) is 2.09. The zero-order valence-corrected chi connectivity index (χ0v) is 10.2. The Labute approximate surface area is 100 Å².